The second kappa shape index (κ2) is 11.8. The van der Waals surface area contributed by atoms with Crippen molar-refractivity contribution < 1.29 is 14.3 Å². The molecule has 0 fully saturated rings. The van der Waals surface area contributed by atoms with Crippen LogP contribution in [0.1, 0.15) is 13.8 Å². The van der Waals surface area contributed by atoms with Crippen LogP contribution in [0.3, 0.4) is 0 Å². The van der Waals surface area contributed by atoms with Crippen molar-refractivity contribution in [3.8, 4) is 0 Å². The smallest absolute Gasteiger partial charge is 0.310 e. The van der Waals surface area contributed by atoms with Gasteiger partial charge in [-0.1, -0.05) is 0 Å². The van der Waals surface area contributed by atoms with E-state index in [9.17, 15) is 9.59 Å². The van der Waals surface area contributed by atoms with Gasteiger partial charge >= 0.3 is 11.9 Å². The van der Waals surface area contributed by atoms with E-state index in [1.807, 2.05) is 0 Å². The monoisotopic (exact) mass is 210 g/mol. The summed E-state index contributed by atoms with van der Waals surface area (Å²) in [7, 11) is 0. The van der Waals surface area contributed by atoms with E-state index < -0.39 is 11.9 Å². The summed E-state index contributed by atoms with van der Waals surface area (Å²) in [5.41, 5.74) is 0. The van der Waals surface area contributed by atoms with Gasteiger partial charge in [-0.05, 0) is 0 Å². The van der Waals surface area contributed by atoms with Crippen molar-refractivity contribution in [2.45, 2.75) is 13.8 Å². The summed E-state index contributed by atoms with van der Waals surface area (Å²) in [6, 6.07) is 0. The highest BCUT2D eigenvalue weighted by Gasteiger charge is 1.93. The van der Waals surface area contributed by atoms with Crippen molar-refractivity contribution in [1.29, 1.82) is 0 Å². The predicted octanol–water partition coefficient (Wildman–Crippen LogP) is 1.36. The lowest BCUT2D eigenvalue weighted by Crippen LogP contribution is -2.03. The number of rotatable bonds is 0. The van der Waals surface area contributed by atoms with Crippen LogP contribution in [0.4, 0.5) is 0 Å². The van der Waals surface area contributed by atoms with Crippen LogP contribution in [0.25, 0.3) is 0 Å². The van der Waals surface area contributed by atoms with Crippen molar-refractivity contribution in [1.82, 2.24) is 0 Å². The van der Waals surface area contributed by atoms with Crippen LogP contribution in [0.5, 0.6) is 0 Å². The highest BCUT2D eigenvalue weighted by atomic mass is 35.5. The molecule has 0 unspecified atom stereocenters. The van der Waals surface area contributed by atoms with Gasteiger partial charge in [-0.2, -0.15) is 0 Å². The zero-order valence-corrected chi connectivity index (χ0v) is 7.90. The number of hydrogen-bond acceptors (Lipinski definition) is 3. The minimum Gasteiger partial charge on any atom is -0.394 e. The lowest BCUT2D eigenvalue weighted by atomic mass is 10.7. The third kappa shape index (κ3) is 24.5. The molecule has 0 saturated carbocycles. The zero-order valence-electron chi connectivity index (χ0n) is 5.45. The third-order valence-electron chi connectivity index (χ3n) is 0.287. The molecule has 0 aromatic heterocycles. The second-order valence-corrected chi connectivity index (χ2v) is 1.09. The second-order valence-electron chi connectivity index (χ2n) is 1.09. The Balaban J connectivity index is -0.0000000600. The average molecular weight is 211 g/mol. The molecule has 0 atom stereocenters. The number of halogens is 3. The van der Waals surface area contributed by atoms with E-state index in [2.05, 4.69) is 4.74 Å². The summed E-state index contributed by atoms with van der Waals surface area (Å²) in [5.74, 6) is -1.12. The fourth-order valence-corrected chi connectivity index (χ4v) is 0.202. The van der Waals surface area contributed by atoms with Crippen LogP contribution in [-0.2, 0) is 14.3 Å². The molecular weight excluding hydrogens is 202 g/mol. The molecule has 0 radical (unpaired) electrons. The maximum Gasteiger partial charge on any atom is 0.310 e. The number of ether oxygens (including phenoxy) is 1. The molecule has 6 heteroatoms. The molecule has 0 amide bonds. The topological polar surface area (TPSA) is 43.4 Å². The summed E-state index contributed by atoms with van der Waals surface area (Å²) < 4.78 is 3.97. The quantitative estimate of drug-likeness (QED) is 0.449. The number of hydrogen-bond donors (Lipinski definition) is 0. The Hall–Kier alpha value is 0.01000. The van der Waals surface area contributed by atoms with Crippen molar-refractivity contribution in [3.63, 3.8) is 0 Å². The Morgan fingerprint density at radius 2 is 1.10 bits per heavy atom. The van der Waals surface area contributed by atoms with Gasteiger partial charge in [0, 0.05) is 13.8 Å². The zero-order chi connectivity index (χ0) is 5.86. The van der Waals surface area contributed by atoms with Crippen molar-refractivity contribution in [3.05, 3.63) is 0 Å². The van der Waals surface area contributed by atoms with E-state index in [0.29, 0.717) is 0 Å². The molecule has 0 saturated heterocycles. The molecule has 0 N–H and O–H groups in total. The van der Waals surface area contributed by atoms with Gasteiger partial charge in [-0.25, -0.2) is 0 Å². The highest BCUT2D eigenvalue weighted by molar-refractivity contribution is 5.86. The molecular formula is C4H9Cl3O3. The van der Waals surface area contributed by atoms with Crippen LogP contribution in [0.2, 0.25) is 0 Å². The van der Waals surface area contributed by atoms with Crippen molar-refractivity contribution in [2.75, 3.05) is 0 Å². The van der Waals surface area contributed by atoms with Gasteiger partial charge in [0.2, 0.25) is 0 Å². The van der Waals surface area contributed by atoms with Gasteiger partial charge in [0.05, 0.1) is 0 Å². The minimum absolute atomic E-state index is 0. The van der Waals surface area contributed by atoms with Gasteiger partial charge in [-0.15, -0.1) is 37.2 Å². The van der Waals surface area contributed by atoms with Gasteiger partial charge in [0.25, 0.3) is 0 Å². The Morgan fingerprint density at radius 3 is 1.10 bits per heavy atom. The molecule has 10 heavy (non-hydrogen) atoms. The Bertz CT molecular complexity index is 91.9. The Kier molecular flexibility index (Phi) is 26.5. The van der Waals surface area contributed by atoms with Crippen molar-refractivity contribution in [2.24, 2.45) is 0 Å². The van der Waals surface area contributed by atoms with E-state index in [1.165, 1.54) is 13.8 Å². The van der Waals surface area contributed by atoms with Gasteiger partial charge in [0.15, 0.2) is 0 Å². The molecule has 0 rings (SSSR count). The highest BCUT2D eigenvalue weighted by Crippen LogP contribution is 1.73. The summed E-state index contributed by atoms with van der Waals surface area (Å²) in [6.07, 6.45) is 0. The molecule has 3 nitrogen and oxygen atoms in total. The first-order valence-corrected chi connectivity index (χ1v) is 1.82. The summed E-state index contributed by atoms with van der Waals surface area (Å²) >= 11 is 0. The number of carbonyl (C=O) groups is 2. The molecule has 0 aliphatic heterocycles. The fraction of sp³-hybridized carbons (Fsp3) is 0.500. The maximum absolute atomic E-state index is 9.81. The maximum atomic E-state index is 9.81. The van der Waals surface area contributed by atoms with Gasteiger partial charge in [0.1, 0.15) is 0 Å². The number of carbonyl (C=O) groups excluding carboxylic acids is 2. The molecule has 64 valence electrons. The lowest BCUT2D eigenvalue weighted by molar-refractivity contribution is -0.156. The molecule has 0 aromatic rings. The first-order chi connectivity index (χ1) is 3.13. The summed E-state index contributed by atoms with van der Waals surface area (Å²) in [5, 5.41) is 0. The SMILES string of the molecule is CC(=O)OC(C)=O.Cl.Cl.Cl. The first kappa shape index (κ1) is 22.5. The van der Waals surface area contributed by atoms with Gasteiger partial charge in [-0.3, -0.25) is 9.59 Å². The van der Waals surface area contributed by atoms with Crippen LogP contribution >= 0.6 is 37.2 Å². The Labute approximate surface area is 77.7 Å². The molecule has 0 aliphatic carbocycles. The van der Waals surface area contributed by atoms with E-state index in [-0.39, 0.29) is 37.2 Å². The normalized spacial score (nSPS) is 5.40. The lowest BCUT2D eigenvalue weighted by Gasteiger charge is -1.87. The first-order valence-electron chi connectivity index (χ1n) is 1.82. The van der Waals surface area contributed by atoms with Crippen LogP contribution in [0.15, 0.2) is 0 Å². The Morgan fingerprint density at radius 1 is 0.900 bits per heavy atom. The minimum atomic E-state index is -0.562. The fourth-order valence-electron chi connectivity index (χ4n) is 0.202. The van der Waals surface area contributed by atoms with Crippen molar-refractivity contribution >= 4 is 49.2 Å². The molecule has 0 bridgehead atoms. The van der Waals surface area contributed by atoms with E-state index in [0.717, 1.165) is 0 Å². The average Bonchev–Trinajstić information content (AvgIpc) is 1.27. The predicted molar refractivity (Wildman–Crippen MR) is 44.2 cm³/mol. The van der Waals surface area contributed by atoms with Crippen LogP contribution < -0.4 is 0 Å². The van der Waals surface area contributed by atoms with E-state index >= 15 is 0 Å². The summed E-state index contributed by atoms with van der Waals surface area (Å²) in [6.45, 7) is 2.36. The summed E-state index contributed by atoms with van der Waals surface area (Å²) in [4.78, 5) is 19.6. The van der Waals surface area contributed by atoms with E-state index in [4.69, 9.17) is 0 Å². The van der Waals surface area contributed by atoms with Crippen LogP contribution in [-0.4, -0.2) is 11.9 Å². The van der Waals surface area contributed by atoms with Gasteiger partial charge < -0.3 is 4.74 Å². The molecule has 0 aromatic carbocycles. The molecule has 0 aliphatic rings. The number of esters is 2. The molecule has 0 heterocycles. The largest absolute Gasteiger partial charge is 0.394 e. The third-order valence-corrected chi connectivity index (χ3v) is 0.287. The standard InChI is InChI=1S/C4H6O3.3ClH/c1-3(5)7-4(2)6;;;/h1-2H3;3*1H. The molecule has 0 spiro atoms. The van der Waals surface area contributed by atoms with E-state index in [1.54, 1.807) is 0 Å². The van der Waals surface area contributed by atoms with Crippen LogP contribution in [0, 0.1) is 0 Å².